The number of non-ortho nitro benzene ring substituents is 1. The molecule has 0 N–H and O–H groups in total. The van der Waals surface area contributed by atoms with Crippen LogP contribution in [0.4, 0.5) is 10.8 Å². The molecule has 1 aliphatic rings. The Morgan fingerprint density at radius 1 is 1.21 bits per heavy atom. The van der Waals surface area contributed by atoms with Crippen molar-refractivity contribution in [3.05, 3.63) is 58.1 Å². The van der Waals surface area contributed by atoms with Crippen molar-refractivity contribution in [3.8, 4) is 0 Å². The predicted molar refractivity (Wildman–Crippen MR) is 117 cm³/mol. The van der Waals surface area contributed by atoms with Crippen molar-refractivity contribution in [2.45, 2.75) is 11.8 Å². The van der Waals surface area contributed by atoms with Gasteiger partial charge in [-0.15, -0.1) is 11.8 Å². The highest BCUT2D eigenvalue weighted by atomic mass is 32.2. The molecule has 1 aliphatic heterocycles. The van der Waals surface area contributed by atoms with Gasteiger partial charge in [-0.05, 0) is 24.0 Å². The Labute approximate surface area is 176 Å². The fourth-order valence-electron chi connectivity index (χ4n) is 3.35. The van der Waals surface area contributed by atoms with Crippen LogP contribution in [0.15, 0.2) is 47.4 Å². The number of nitrogens with zero attached hydrogens (tertiary/aromatic N) is 4. The van der Waals surface area contributed by atoms with Crippen molar-refractivity contribution in [1.29, 1.82) is 0 Å². The van der Waals surface area contributed by atoms with Crippen molar-refractivity contribution in [3.63, 3.8) is 0 Å². The van der Waals surface area contributed by atoms with E-state index in [0.717, 1.165) is 31.6 Å². The third-order valence-corrected chi connectivity index (χ3v) is 6.86. The molecule has 2 heterocycles. The first kappa shape index (κ1) is 19.7. The van der Waals surface area contributed by atoms with Gasteiger partial charge < -0.3 is 9.80 Å². The summed E-state index contributed by atoms with van der Waals surface area (Å²) in [6.45, 7) is 4.71. The van der Waals surface area contributed by atoms with Crippen molar-refractivity contribution in [2.24, 2.45) is 0 Å². The van der Waals surface area contributed by atoms with Crippen LogP contribution >= 0.6 is 23.1 Å². The molecule has 9 heteroatoms. The van der Waals surface area contributed by atoms with Gasteiger partial charge >= 0.3 is 0 Å². The number of rotatable bonds is 5. The van der Waals surface area contributed by atoms with E-state index in [4.69, 9.17) is 0 Å². The van der Waals surface area contributed by atoms with Crippen LogP contribution in [0.3, 0.4) is 0 Å². The van der Waals surface area contributed by atoms with Gasteiger partial charge in [-0.25, -0.2) is 4.98 Å². The zero-order valence-electron chi connectivity index (χ0n) is 15.9. The topological polar surface area (TPSA) is 79.6 Å². The molecule has 1 amide bonds. The highest BCUT2D eigenvalue weighted by molar-refractivity contribution is 7.99. The molecule has 150 valence electrons. The lowest BCUT2D eigenvalue weighted by Gasteiger charge is -2.34. The monoisotopic (exact) mass is 428 g/mol. The second-order valence-corrected chi connectivity index (χ2v) is 8.93. The zero-order chi connectivity index (χ0) is 20.4. The maximum absolute atomic E-state index is 13.0. The Morgan fingerprint density at radius 3 is 2.69 bits per heavy atom. The lowest BCUT2D eigenvalue weighted by atomic mass is 10.2. The van der Waals surface area contributed by atoms with Gasteiger partial charge in [-0.1, -0.05) is 30.4 Å². The fourth-order valence-corrected chi connectivity index (χ4v) is 5.19. The number of anilines is 1. The van der Waals surface area contributed by atoms with Crippen LogP contribution < -0.4 is 4.90 Å². The summed E-state index contributed by atoms with van der Waals surface area (Å²) in [6.07, 6.45) is 0. The molecule has 0 aliphatic carbocycles. The van der Waals surface area contributed by atoms with Crippen molar-refractivity contribution >= 4 is 50.0 Å². The lowest BCUT2D eigenvalue weighted by Crippen LogP contribution is -2.48. The van der Waals surface area contributed by atoms with E-state index in [9.17, 15) is 14.9 Å². The number of aromatic nitrogens is 1. The van der Waals surface area contributed by atoms with Gasteiger partial charge in [0.2, 0.25) is 0 Å². The molecule has 0 radical (unpaired) electrons. The molecule has 1 aromatic heterocycles. The number of nitro groups is 1. The number of fused-ring (bicyclic) bond motifs is 1. The van der Waals surface area contributed by atoms with E-state index in [1.807, 2.05) is 29.2 Å². The Kier molecular flexibility index (Phi) is 5.68. The number of hydrogen-bond acceptors (Lipinski definition) is 7. The summed E-state index contributed by atoms with van der Waals surface area (Å²) >= 11 is 3.14. The van der Waals surface area contributed by atoms with Crippen LogP contribution in [0, 0.1) is 10.1 Å². The molecule has 0 spiro atoms. The maximum atomic E-state index is 13.0. The number of thioether (sulfide) groups is 1. The molecule has 1 fully saturated rings. The average molecular weight is 429 g/mol. The van der Waals surface area contributed by atoms with E-state index in [1.165, 1.54) is 17.4 Å². The number of thiazole rings is 1. The van der Waals surface area contributed by atoms with Crippen LogP contribution in [-0.4, -0.2) is 52.6 Å². The summed E-state index contributed by atoms with van der Waals surface area (Å²) in [5, 5.41) is 11.8. The molecule has 29 heavy (non-hydrogen) atoms. The van der Waals surface area contributed by atoms with Crippen molar-refractivity contribution < 1.29 is 9.72 Å². The van der Waals surface area contributed by atoms with Gasteiger partial charge in [0.1, 0.15) is 0 Å². The summed E-state index contributed by atoms with van der Waals surface area (Å²) < 4.78 is 0.804. The molecule has 0 saturated carbocycles. The lowest BCUT2D eigenvalue weighted by molar-refractivity contribution is -0.384. The van der Waals surface area contributed by atoms with Gasteiger partial charge in [-0.3, -0.25) is 14.9 Å². The average Bonchev–Trinajstić information content (AvgIpc) is 3.17. The largest absolute Gasteiger partial charge is 0.345 e. The summed E-state index contributed by atoms with van der Waals surface area (Å²) in [6, 6.07) is 12.5. The van der Waals surface area contributed by atoms with Gasteiger partial charge in [0.05, 0.1) is 20.7 Å². The SMILES string of the molecule is CCSc1ccccc1C(=O)N1CCN(c2nc3ccc([N+](=O)[O-])cc3s2)CC1. The number of carbonyl (C=O) groups is 1. The molecule has 3 aromatic rings. The molecule has 0 unspecified atom stereocenters. The molecule has 4 rings (SSSR count). The second kappa shape index (κ2) is 8.38. The number of hydrogen-bond donors (Lipinski definition) is 0. The van der Waals surface area contributed by atoms with Gasteiger partial charge in [-0.2, -0.15) is 0 Å². The van der Waals surface area contributed by atoms with E-state index in [2.05, 4.69) is 16.8 Å². The van der Waals surface area contributed by atoms with Crippen molar-refractivity contribution in [1.82, 2.24) is 9.88 Å². The van der Waals surface area contributed by atoms with Crippen LogP contribution in [0.2, 0.25) is 0 Å². The Balaban J connectivity index is 1.46. The normalized spacial score (nSPS) is 14.4. The summed E-state index contributed by atoms with van der Waals surface area (Å²) in [5.41, 5.74) is 1.60. The molecule has 2 aromatic carbocycles. The first-order valence-corrected chi connectivity index (χ1v) is 11.2. The van der Waals surface area contributed by atoms with Crippen LogP contribution in [0.1, 0.15) is 17.3 Å². The van der Waals surface area contributed by atoms with Crippen molar-refractivity contribution in [2.75, 3.05) is 36.8 Å². The third-order valence-electron chi connectivity index (χ3n) is 4.83. The second-order valence-electron chi connectivity index (χ2n) is 6.61. The third kappa shape index (κ3) is 4.06. The van der Waals surface area contributed by atoms with Gasteiger partial charge in [0, 0.05) is 43.2 Å². The maximum Gasteiger partial charge on any atom is 0.270 e. The Hall–Kier alpha value is -2.65. The molecular formula is C20H20N4O3S2. The highest BCUT2D eigenvalue weighted by Crippen LogP contribution is 2.32. The van der Waals surface area contributed by atoms with E-state index in [0.29, 0.717) is 26.2 Å². The minimum Gasteiger partial charge on any atom is -0.345 e. The standard InChI is InChI=1S/C20H20N4O3S2/c1-2-28-17-6-4-3-5-15(17)19(25)22-9-11-23(12-10-22)20-21-16-8-7-14(24(26)27)13-18(16)29-20/h3-8,13H,2,9-12H2,1H3. The van der Waals surface area contributed by atoms with Gasteiger partial charge in [0.25, 0.3) is 11.6 Å². The number of piperazine rings is 1. The summed E-state index contributed by atoms with van der Waals surface area (Å²) in [7, 11) is 0. The van der Waals surface area contributed by atoms with Crippen LogP contribution in [0.25, 0.3) is 10.2 Å². The van der Waals surface area contributed by atoms with E-state index >= 15 is 0 Å². The first-order chi connectivity index (χ1) is 14.1. The Morgan fingerprint density at radius 2 is 1.97 bits per heavy atom. The highest BCUT2D eigenvalue weighted by Gasteiger charge is 2.25. The first-order valence-electron chi connectivity index (χ1n) is 9.38. The van der Waals surface area contributed by atoms with E-state index in [-0.39, 0.29) is 11.6 Å². The van der Waals surface area contributed by atoms with Crippen LogP contribution in [-0.2, 0) is 0 Å². The minimum absolute atomic E-state index is 0.0705. The molecule has 7 nitrogen and oxygen atoms in total. The van der Waals surface area contributed by atoms with Crippen LogP contribution in [0.5, 0.6) is 0 Å². The molecular weight excluding hydrogens is 408 g/mol. The number of nitro benzene ring substituents is 1. The minimum atomic E-state index is -0.391. The number of carbonyl (C=O) groups excluding carboxylic acids is 1. The van der Waals surface area contributed by atoms with Gasteiger partial charge in [0.15, 0.2) is 5.13 Å². The Bertz CT molecular complexity index is 1060. The summed E-state index contributed by atoms with van der Waals surface area (Å²) in [4.78, 5) is 33.3. The fraction of sp³-hybridized carbons (Fsp3) is 0.300. The molecule has 0 atom stereocenters. The number of amides is 1. The van der Waals surface area contributed by atoms with E-state index in [1.54, 1.807) is 23.9 Å². The molecule has 1 saturated heterocycles. The summed E-state index contributed by atoms with van der Waals surface area (Å²) in [5.74, 6) is 0.995. The smallest absolute Gasteiger partial charge is 0.270 e. The number of benzene rings is 2. The molecule has 0 bridgehead atoms. The zero-order valence-corrected chi connectivity index (χ0v) is 17.5. The van der Waals surface area contributed by atoms with E-state index < -0.39 is 4.92 Å². The quantitative estimate of drug-likeness (QED) is 0.343. The predicted octanol–water partition coefficient (Wildman–Crippen LogP) is 4.28.